The second-order valence-corrected chi connectivity index (χ2v) is 9.28. The van der Waals surface area contributed by atoms with E-state index in [9.17, 15) is 39.0 Å². The molecule has 6 rings (SSSR count). The lowest BCUT2D eigenvalue weighted by molar-refractivity contribution is 0.0964. The third-order valence-electron chi connectivity index (χ3n) is 6.86. The number of hydrogen-bond acceptors (Lipinski definition) is 8. The molecule has 0 aromatic heterocycles. The lowest BCUT2D eigenvalue weighted by Crippen LogP contribution is -2.23. The maximum absolute atomic E-state index is 12.5. The predicted molar refractivity (Wildman–Crippen MR) is 143 cm³/mol. The Kier molecular flexibility index (Phi) is 6.31. The molecular formula is C32H20O8. The van der Waals surface area contributed by atoms with Crippen LogP contribution >= 0.6 is 0 Å². The van der Waals surface area contributed by atoms with Crippen molar-refractivity contribution in [3.63, 3.8) is 0 Å². The lowest BCUT2D eigenvalue weighted by Gasteiger charge is -2.19. The zero-order valence-electron chi connectivity index (χ0n) is 21.3. The van der Waals surface area contributed by atoms with E-state index in [-0.39, 0.29) is 78.7 Å². The molecule has 2 aliphatic carbocycles. The summed E-state index contributed by atoms with van der Waals surface area (Å²) in [6.45, 7) is 2.71. The molecular weight excluding hydrogens is 512 g/mol. The van der Waals surface area contributed by atoms with Gasteiger partial charge in [-0.1, -0.05) is 60.7 Å². The Labute approximate surface area is 227 Å². The van der Waals surface area contributed by atoms with Gasteiger partial charge in [0.2, 0.25) is 0 Å². The molecule has 196 valence electrons. The fourth-order valence-electron chi connectivity index (χ4n) is 5.03. The van der Waals surface area contributed by atoms with E-state index in [4.69, 9.17) is 0 Å². The first-order chi connectivity index (χ1) is 19.0. The first-order valence-corrected chi connectivity index (χ1v) is 12.1. The highest BCUT2D eigenvalue weighted by atomic mass is 16.3. The number of Topliss-reactive ketones (excluding diaryl/α,β-unsaturated/α-hetero) is 2. The Morgan fingerprint density at radius 3 is 1.05 bits per heavy atom. The van der Waals surface area contributed by atoms with E-state index in [1.165, 1.54) is 74.5 Å². The number of phenols is 2. The van der Waals surface area contributed by atoms with Gasteiger partial charge in [0, 0.05) is 44.5 Å². The molecule has 2 N–H and O–H groups in total. The number of carbonyl (C=O) groups excluding carboxylic acids is 6. The van der Waals surface area contributed by atoms with Gasteiger partial charge in [0.25, 0.3) is 0 Å². The normalized spacial score (nSPS) is 12.8. The molecule has 0 bridgehead atoms. The Morgan fingerprint density at radius 2 is 0.725 bits per heavy atom. The number of carbonyl (C=O) groups is 6. The number of benzene rings is 4. The maximum atomic E-state index is 12.5. The van der Waals surface area contributed by atoms with Gasteiger partial charge < -0.3 is 10.2 Å². The fourth-order valence-corrected chi connectivity index (χ4v) is 5.03. The van der Waals surface area contributed by atoms with E-state index in [1.807, 2.05) is 0 Å². The second-order valence-electron chi connectivity index (χ2n) is 9.28. The highest BCUT2D eigenvalue weighted by Gasteiger charge is 2.35. The van der Waals surface area contributed by atoms with Crippen molar-refractivity contribution in [2.45, 2.75) is 13.8 Å². The average Bonchev–Trinajstić information content (AvgIpc) is 2.94. The van der Waals surface area contributed by atoms with Crippen LogP contribution in [0.25, 0.3) is 0 Å². The summed E-state index contributed by atoms with van der Waals surface area (Å²) in [7, 11) is 0. The molecule has 0 heterocycles. The number of rotatable bonds is 2. The summed E-state index contributed by atoms with van der Waals surface area (Å²) in [6, 6.07) is 17.9. The molecule has 0 spiro atoms. The Morgan fingerprint density at radius 1 is 0.450 bits per heavy atom. The van der Waals surface area contributed by atoms with Crippen LogP contribution in [0.2, 0.25) is 0 Å². The molecule has 0 aliphatic heterocycles. The van der Waals surface area contributed by atoms with E-state index in [2.05, 4.69) is 0 Å². The van der Waals surface area contributed by atoms with Crippen LogP contribution in [0.5, 0.6) is 11.5 Å². The molecule has 40 heavy (non-hydrogen) atoms. The van der Waals surface area contributed by atoms with Crippen molar-refractivity contribution in [3.05, 3.63) is 128 Å². The van der Waals surface area contributed by atoms with Crippen LogP contribution in [0.3, 0.4) is 0 Å². The summed E-state index contributed by atoms with van der Waals surface area (Å²) in [5.74, 6) is -2.67. The van der Waals surface area contributed by atoms with Crippen molar-refractivity contribution < 1.29 is 39.0 Å². The van der Waals surface area contributed by atoms with Crippen molar-refractivity contribution in [1.82, 2.24) is 0 Å². The minimum atomic E-state index is -0.434. The van der Waals surface area contributed by atoms with E-state index in [0.29, 0.717) is 0 Å². The van der Waals surface area contributed by atoms with Gasteiger partial charge in [0.1, 0.15) is 11.5 Å². The Bertz CT molecular complexity index is 1710. The molecule has 0 saturated carbocycles. The molecule has 4 aromatic carbocycles. The maximum Gasteiger partial charge on any atom is 0.198 e. The van der Waals surface area contributed by atoms with Crippen molar-refractivity contribution in [3.8, 4) is 11.5 Å². The van der Waals surface area contributed by atoms with Crippen LogP contribution in [-0.2, 0) is 0 Å². The summed E-state index contributed by atoms with van der Waals surface area (Å²) in [5, 5.41) is 19.6. The molecule has 0 fully saturated rings. The number of aromatic hydroxyl groups is 2. The Hall–Kier alpha value is -5.50. The minimum Gasteiger partial charge on any atom is -0.507 e. The standard InChI is InChI=1S/2C16H10O4/c2*1-8(17)9-4-2-5-10-13(9)15(19)11-6-3-7-12(18)14(11)16(10)20/h2*2-7,18H,1H3. The zero-order chi connectivity index (χ0) is 28.9. The van der Waals surface area contributed by atoms with Gasteiger partial charge in [-0.05, 0) is 26.0 Å². The predicted octanol–water partition coefficient (Wildman–Crippen LogP) is 4.74. The SMILES string of the molecule is CC(=O)c1cccc2c1C(=O)c1cccc(O)c1C2=O.CC(=O)c1cccc2c1C(=O)c1cccc(O)c1C2=O. The summed E-state index contributed by atoms with van der Waals surface area (Å²) >= 11 is 0. The summed E-state index contributed by atoms with van der Waals surface area (Å²) < 4.78 is 0. The summed E-state index contributed by atoms with van der Waals surface area (Å²) in [4.78, 5) is 73.2. The van der Waals surface area contributed by atoms with E-state index in [0.717, 1.165) is 0 Å². The van der Waals surface area contributed by atoms with Gasteiger partial charge >= 0.3 is 0 Å². The molecule has 0 unspecified atom stereocenters. The monoisotopic (exact) mass is 532 g/mol. The van der Waals surface area contributed by atoms with Gasteiger partial charge in [0.05, 0.1) is 11.1 Å². The Balaban J connectivity index is 0.000000161. The van der Waals surface area contributed by atoms with Gasteiger partial charge in [-0.15, -0.1) is 0 Å². The third kappa shape index (κ3) is 3.94. The molecule has 0 radical (unpaired) electrons. The highest BCUT2D eigenvalue weighted by Crippen LogP contribution is 2.35. The van der Waals surface area contributed by atoms with Crippen LogP contribution < -0.4 is 0 Å². The van der Waals surface area contributed by atoms with Crippen molar-refractivity contribution in [1.29, 1.82) is 0 Å². The van der Waals surface area contributed by atoms with Gasteiger partial charge in [-0.2, -0.15) is 0 Å². The average molecular weight is 533 g/mol. The van der Waals surface area contributed by atoms with Crippen LogP contribution in [0, 0.1) is 0 Å². The smallest absolute Gasteiger partial charge is 0.198 e. The van der Waals surface area contributed by atoms with E-state index >= 15 is 0 Å². The van der Waals surface area contributed by atoms with Gasteiger partial charge in [0.15, 0.2) is 34.7 Å². The molecule has 2 aliphatic rings. The molecule has 0 atom stereocenters. The third-order valence-corrected chi connectivity index (χ3v) is 6.86. The summed E-state index contributed by atoms with van der Waals surface area (Å²) in [5.41, 5.74) is 1.33. The van der Waals surface area contributed by atoms with E-state index in [1.54, 1.807) is 12.1 Å². The quantitative estimate of drug-likeness (QED) is 0.305. The number of ketones is 6. The van der Waals surface area contributed by atoms with Crippen LogP contribution in [0.1, 0.15) is 98.2 Å². The van der Waals surface area contributed by atoms with Gasteiger partial charge in [-0.3, -0.25) is 28.8 Å². The molecule has 8 heteroatoms. The fraction of sp³-hybridized carbons (Fsp3) is 0.0625. The van der Waals surface area contributed by atoms with Crippen molar-refractivity contribution in [2.75, 3.05) is 0 Å². The number of fused-ring (bicyclic) bond motifs is 4. The van der Waals surface area contributed by atoms with Crippen LogP contribution in [-0.4, -0.2) is 44.9 Å². The second kappa shape index (κ2) is 9.67. The van der Waals surface area contributed by atoms with Gasteiger partial charge in [-0.25, -0.2) is 0 Å². The molecule has 0 saturated heterocycles. The molecule has 0 amide bonds. The van der Waals surface area contributed by atoms with E-state index < -0.39 is 23.1 Å². The number of hydrogen-bond donors (Lipinski definition) is 2. The zero-order valence-corrected chi connectivity index (χ0v) is 21.3. The summed E-state index contributed by atoms with van der Waals surface area (Å²) in [6.07, 6.45) is 0. The molecule has 4 aromatic rings. The largest absolute Gasteiger partial charge is 0.507 e. The molecule has 8 nitrogen and oxygen atoms in total. The van der Waals surface area contributed by atoms with Crippen LogP contribution in [0.4, 0.5) is 0 Å². The lowest BCUT2D eigenvalue weighted by atomic mass is 9.81. The first-order valence-electron chi connectivity index (χ1n) is 12.1. The van der Waals surface area contributed by atoms with Crippen molar-refractivity contribution in [2.24, 2.45) is 0 Å². The topological polar surface area (TPSA) is 143 Å². The highest BCUT2D eigenvalue weighted by molar-refractivity contribution is 6.32. The van der Waals surface area contributed by atoms with Crippen LogP contribution in [0.15, 0.2) is 72.8 Å². The first kappa shape index (κ1) is 26.1. The van der Waals surface area contributed by atoms with Crippen molar-refractivity contribution >= 4 is 34.7 Å². The number of phenolic OH excluding ortho intramolecular Hbond substituents is 2. The minimum absolute atomic E-state index is 0.00528.